The van der Waals surface area contributed by atoms with E-state index in [0.717, 1.165) is 22.0 Å². The Kier molecular flexibility index (Phi) is 7.81. The average molecular weight is 512 g/mol. The molecule has 0 fully saturated rings. The van der Waals surface area contributed by atoms with E-state index < -0.39 is 6.10 Å². The van der Waals surface area contributed by atoms with Crippen LogP contribution in [0, 0.1) is 0 Å². The number of aromatic nitrogens is 3. The zero-order valence-electron chi connectivity index (χ0n) is 21.0. The number of fused-ring (bicyclic) bond motifs is 2. The second kappa shape index (κ2) is 11.0. The molecule has 0 saturated heterocycles. The number of H-pyrrole nitrogens is 1. The minimum Gasteiger partial charge on any atom is -0.493 e. The number of carbonyl (C=O) groups excluding carboxylic acids is 1. The van der Waals surface area contributed by atoms with Crippen molar-refractivity contribution in [3.8, 4) is 11.5 Å². The summed E-state index contributed by atoms with van der Waals surface area (Å²) in [6, 6.07) is 9.75. The topological polar surface area (TPSA) is 102 Å². The first kappa shape index (κ1) is 25.5. The van der Waals surface area contributed by atoms with Gasteiger partial charge in [0.25, 0.3) is 0 Å². The predicted molar refractivity (Wildman–Crippen MR) is 141 cm³/mol. The highest BCUT2D eigenvalue weighted by Gasteiger charge is 2.20. The zero-order chi connectivity index (χ0) is 25.8. The first-order valence-corrected chi connectivity index (χ1v) is 12.0. The number of aromatic amines is 1. The number of nitrogens with zero attached hydrogens (tertiary/aromatic N) is 3. The summed E-state index contributed by atoms with van der Waals surface area (Å²) in [5.74, 6) is 1.27. The number of nitrogens with one attached hydrogen (secondary N) is 2. The molecule has 4 aromatic rings. The number of esters is 1. The van der Waals surface area contributed by atoms with Gasteiger partial charge in [0.05, 0.1) is 28.9 Å². The molecule has 0 bridgehead atoms. The van der Waals surface area contributed by atoms with Crippen molar-refractivity contribution in [1.29, 1.82) is 0 Å². The standard InChI is InChI=1S/C26H30ClN5O4/c1-15(2)32(4)12-17(36-16(3)33)13-35-24-10-22-19(9-23(24)34-5)26(30-14-29-22)31-21-8-6-7-18-20(27)11-28-25(18)21/h6-11,14-15,17,28H,12-13H2,1-5H3,(H,29,30,31). The van der Waals surface area contributed by atoms with Gasteiger partial charge in [0.2, 0.25) is 0 Å². The number of likely N-dealkylation sites (N-methyl/N-ethyl adjacent to an activating group) is 1. The van der Waals surface area contributed by atoms with Gasteiger partial charge in [-0.25, -0.2) is 9.97 Å². The third-order valence-electron chi connectivity index (χ3n) is 5.97. The number of hydrogen-bond acceptors (Lipinski definition) is 8. The summed E-state index contributed by atoms with van der Waals surface area (Å²) < 4.78 is 17.2. The van der Waals surface area contributed by atoms with Gasteiger partial charge >= 0.3 is 5.97 Å². The molecule has 1 unspecified atom stereocenters. The lowest BCUT2D eigenvalue weighted by Gasteiger charge is -2.26. The molecule has 9 nitrogen and oxygen atoms in total. The Hall–Kier alpha value is -3.56. The van der Waals surface area contributed by atoms with Gasteiger partial charge in [-0.05, 0) is 33.0 Å². The predicted octanol–water partition coefficient (Wildman–Crippen LogP) is 5.17. The fraction of sp³-hybridized carbons (Fsp3) is 0.346. The van der Waals surface area contributed by atoms with Gasteiger partial charge in [-0.3, -0.25) is 4.79 Å². The Bertz CT molecular complexity index is 1370. The third-order valence-corrected chi connectivity index (χ3v) is 6.28. The van der Waals surface area contributed by atoms with E-state index in [2.05, 4.69) is 39.0 Å². The maximum absolute atomic E-state index is 11.6. The number of rotatable bonds is 10. The number of methoxy groups -OCH3 is 1. The smallest absolute Gasteiger partial charge is 0.303 e. The average Bonchev–Trinajstić information content (AvgIpc) is 3.23. The highest BCUT2D eigenvalue weighted by molar-refractivity contribution is 6.36. The second-order valence-electron chi connectivity index (χ2n) is 8.81. The summed E-state index contributed by atoms with van der Waals surface area (Å²) in [6.07, 6.45) is 2.80. The molecule has 10 heteroatoms. The minimum atomic E-state index is -0.439. The Morgan fingerprint density at radius 1 is 1.19 bits per heavy atom. The van der Waals surface area contributed by atoms with Crippen LogP contribution in [0.3, 0.4) is 0 Å². The minimum absolute atomic E-state index is 0.171. The molecule has 0 aliphatic rings. The fourth-order valence-corrected chi connectivity index (χ4v) is 4.07. The van der Waals surface area contributed by atoms with Crippen molar-refractivity contribution in [2.45, 2.75) is 32.9 Å². The van der Waals surface area contributed by atoms with E-state index in [4.69, 9.17) is 25.8 Å². The number of carbonyl (C=O) groups is 1. The van der Waals surface area contributed by atoms with Crippen LogP contribution in [0.5, 0.6) is 11.5 Å². The molecule has 0 amide bonds. The van der Waals surface area contributed by atoms with Gasteiger partial charge in [0.1, 0.15) is 24.9 Å². The molecule has 36 heavy (non-hydrogen) atoms. The third kappa shape index (κ3) is 5.63. The first-order chi connectivity index (χ1) is 17.3. The Labute approximate surface area is 214 Å². The van der Waals surface area contributed by atoms with Crippen molar-refractivity contribution in [1.82, 2.24) is 19.9 Å². The summed E-state index contributed by atoms with van der Waals surface area (Å²) in [6.45, 7) is 6.26. The molecule has 0 saturated carbocycles. The first-order valence-electron chi connectivity index (χ1n) is 11.6. The Morgan fingerprint density at radius 2 is 2.00 bits per heavy atom. The van der Waals surface area contributed by atoms with Crippen molar-refractivity contribution in [2.75, 3.05) is 32.6 Å². The van der Waals surface area contributed by atoms with Crippen LogP contribution in [-0.4, -0.2) is 65.3 Å². The highest BCUT2D eigenvalue weighted by atomic mass is 35.5. The van der Waals surface area contributed by atoms with Crippen molar-refractivity contribution >= 4 is 50.9 Å². The molecule has 2 aromatic heterocycles. The van der Waals surface area contributed by atoms with Crippen LogP contribution in [0.1, 0.15) is 20.8 Å². The fourth-order valence-electron chi connectivity index (χ4n) is 3.86. The van der Waals surface area contributed by atoms with Gasteiger partial charge < -0.3 is 29.4 Å². The monoisotopic (exact) mass is 511 g/mol. The molecule has 2 aromatic carbocycles. The van der Waals surface area contributed by atoms with Crippen molar-refractivity contribution in [2.24, 2.45) is 0 Å². The van der Waals surface area contributed by atoms with Crippen LogP contribution in [0.4, 0.5) is 11.5 Å². The molecular weight excluding hydrogens is 482 g/mol. The SMILES string of the molecule is COc1cc2c(Nc3cccc4c(Cl)c[nH]c34)ncnc2cc1OCC(CN(C)C(C)C)OC(C)=O. The Morgan fingerprint density at radius 3 is 2.72 bits per heavy atom. The number of halogens is 1. The van der Waals surface area contributed by atoms with E-state index in [0.29, 0.717) is 40.4 Å². The Balaban J connectivity index is 1.61. The number of hydrogen-bond donors (Lipinski definition) is 2. The summed E-state index contributed by atoms with van der Waals surface area (Å²) in [4.78, 5) is 25.8. The molecule has 2 heterocycles. The van der Waals surface area contributed by atoms with Crippen LogP contribution in [-0.2, 0) is 9.53 Å². The maximum Gasteiger partial charge on any atom is 0.303 e. The van der Waals surface area contributed by atoms with Crippen molar-refractivity contribution < 1.29 is 19.0 Å². The number of ether oxygens (including phenoxy) is 3. The van der Waals surface area contributed by atoms with Crippen LogP contribution in [0.25, 0.3) is 21.8 Å². The molecule has 190 valence electrons. The molecular formula is C26H30ClN5O4. The van der Waals surface area contributed by atoms with E-state index in [1.54, 1.807) is 19.4 Å². The van der Waals surface area contributed by atoms with Gasteiger partial charge in [-0.1, -0.05) is 23.7 Å². The normalized spacial score (nSPS) is 12.3. The number of benzene rings is 2. The highest BCUT2D eigenvalue weighted by Crippen LogP contribution is 2.36. The summed E-state index contributed by atoms with van der Waals surface area (Å²) in [5.41, 5.74) is 2.38. The van der Waals surface area contributed by atoms with E-state index in [1.807, 2.05) is 31.3 Å². The van der Waals surface area contributed by atoms with Crippen LogP contribution < -0.4 is 14.8 Å². The van der Waals surface area contributed by atoms with E-state index >= 15 is 0 Å². The van der Waals surface area contributed by atoms with Gasteiger partial charge in [0, 0.05) is 42.5 Å². The number of anilines is 2. The molecule has 0 spiro atoms. The molecule has 0 radical (unpaired) electrons. The van der Waals surface area contributed by atoms with Gasteiger partial charge in [0.15, 0.2) is 11.5 Å². The molecule has 0 aliphatic carbocycles. The largest absolute Gasteiger partial charge is 0.493 e. The van der Waals surface area contributed by atoms with E-state index in [-0.39, 0.29) is 12.6 Å². The summed E-state index contributed by atoms with van der Waals surface area (Å²) in [5, 5.41) is 5.70. The summed E-state index contributed by atoms with van der Waals surface area (Å²) in [7, 11) is 3.55. The van der Waals surface area contributed by atoms with Crippen LogP contribution in [0.15, 0.2) is 42.9 Å². The zero-order valence-corrected chi connectivity index (χ0v) is 21.7. The van der Waals surface area contributed by atoms with Crippen molar-refractivity contribution in [3.05, 3.63) is 47.9 Å². The van der Waals surface area contributed by atoms with Gasteiger partial charge in [-0.2, -0.15) is 0 Å². The molecule has 4 rings (SSSR count). The second-order valence-corrected chi connectivity index (χ2v) is 9.22. The lowest BCUT2D eigenvalue weighted by atomic mass is 10.2. The lowest BCUT2D eigenvalue weighted by molar-refractivity contribution is -0.148. The van der Waals surface area contributed by atoms with E-state index in [9.17, 15) is 4.79 Å². The van der Waals surface area contributed by atoms with Gasteiger partial charge in [-0.15, -0.1) is 0 Å². The molecule has 0 aliphatic heterocycles. The number of para-hydroxylation sites is 1. The molecule has 2 N–H and O–H groups in total. The van der Waals surface area contributed by atoms with Crippen LogP contribution >= 0.6 is 11.6 Å². The van der Waals surface area contributed by atoms with E-state index in [1.165, 1.54) is 13.3 Å². The van der Waals surface area contributed by atoms with Crippen molar-refractivity contribution in [3.63, 3.8) is 0 Å². The lowest BCUT2D eigenvalue weighted by Crippen LogP contribution is -2.39. The maximum atomic E-state index is 11.6. The quantitative estimate of drug-likeness (QED) is 0.281. The molecule has 1 atom stereocenters. The van der Waals surface area contributed by atoms with Crippen LogP contribution in [0.2, 0.25) is 5.02 Å². The summed E-state index contributed by atoms with van der Waals surface area (Å²) >= 11 is 6.28.